The zero-order valence-corrected chi connectivity index (χ0v) is 15.6. The number of hydrogen-bond acceptors (Lipinski definition) is 3. The van der Waals surface area contributed by atoms with Crippen molar-refractivity contribution in [1.82, 2.24) is 10.6 Å². The first-order valence-corrected chi connectivity index (χ1v) is 8.83. The molecule has 0 fully saturated rings. The van der Waals surface area contributed by atoms with Crippen LogP contribution in [0.2, 0.25) is 0 Å². The fourth-order valence-corrected chi connectivity index (χ4v) is 2.30. The van der Waals surface area contributed by atoms with Crippen molar-refractivity contribution in [3.8, 4) is 0 Å². The van der Waals surface area contributed by atoms with E-state index in [0.717, 1.165) is 49.8 Å². The second-order valence-corrected chi connectivity index (χ2v) is 6.33. The highest BCUT2D eigenvalue weighted by atomic mass is 16.5. The highest BCUT2D eigenvalue weighted by Crippen LogP contribution is 2.09. The van der Waals surface area contributed by atoms with Gasteiger partial charge >= 0.3 is 0 Å². The Balaban J connectivity index is 2.43. The minimum absolute atomic E-state index is 0.271. The number of aliphatic imine (C=N–C) groups is 1. The summed E-state index contributed by atoms with van der Waals surface area (Å²) in [5.74, 6) is 2.29. The van der Waals surface area contributed by atoms with Crippen molar-refractivity contribution in [2.24, 2.45) is 10.9 Å². The third-order valence-corrected chi connectivity index (χ3v) is 3.60. The van der Waals surface area contributed by atoms with Crippen LogP contribution in [0, 0.1) is 5.92 Å². The van der Waals surface area contributed by atoms with E-state index in [4.69, 9.17) is 9.15 Å². The Labute approximate surface area is 146 Å². The zero-order valence-electron chi connectivity index (χ0n) is 15.6. The molecule has 2 N–H and O–H groups in total. The van der Waals surface area contributed by atoms with Crippen LogP contribution in [0.1, 0.15) is 39.9 Å². The molecule has 5 heteroatoms. The fraction of sp³-hybridized carbons (Fsp3) is 0.632. The van der Waals surface area contributed by atoms with Gasteiger partial charge in [0.05, 0.1) is 18.9 Å². The number of nitrogens with one attached hydrogen (secondary N) is 2. The molecule has 0 bridgehead atoms. The monoisotopic (exact) mass is 335 g/mol. The first kappa shape index (κ1) is 20.3. The maximum absolute atomic E-state index is 5.79. The van der Waals surface area contributed by atoms with E-state index in [1.165, 1.54) is 0 Å². The molecule has 0 aliphatic heterocycles. The van der Waals surface area contributed by atoms with E-state index < -0.39 is 0 Å². The van der Waals surface area contributed by atoms with Crippen LogP contribution in [-0.4, -0.2) is 38.3 Å². The SMILES string of the molecule is C=C(C)CN=C(NCCc1ccco1)NCCC(OCC)C(C)C. The Morgan fingerprint density at radius 3 is 2.67 bits per heavy atom. The average molecular weight is 335 g/mol. The molecule has 1 rings (SSSR count). The molecule has 5 nitrogen and oxygen atoms in total. The first-order valence-electron chi connectivity index (χ1n) is 8.83. The van der Waals surface area contributed by atoms with Crippen molar-refractivity contribution in [3.05, 3.63) is 36.3 Å². The van der Waals surface area contributed by atoms with Crippen LogP contribution in [0.15, 0.2) is 40.0 Å². The molecule has 0 radical (unpaired) electrons. The molecule has 0 aliphatic rings. The molecule has 1 aromatic heterocycles. The normalized spacial score (nSPS) is 13.1. The van der Waals surface area contributed by atoms with E-state index in [1.807, 2.05) is 26.0 Å². The van der Waals surface area contributed by atoms with E-state index in [2.05, 4.69) is 36.1 Å². The van der Waals surface area contributed by atoms with E-state index in [9.17, 15) is 0 Å². The minimum atomic E-state index is 0.271. The summed E-state index contributed by atoms with van der Waals surface area (Å²) in [5.41, 5.74) is 1.04. The van der Waals surface area contributed by atoms with Gasteiger partial charge in [-0.25, -0.2) is 4.99 Å². The number of furan rings is 1. The third kappa shape index (κ3) is 8.77. The van der Waals surface area contributed by atoms with Crippen molar-refractivity contribution in [2.45, 2.75) is 46.6 Å². The molecule has 24 heavy (non-hydrogen) atoms. The van der Waals surface area contributed by atoms with E-state index in [1.54, 1.807) is 6.26 Å². The molecule has 1 aromatic rings. The smallest absolute Gasteiger partial charge is 0.191 e. The van der Waals surface area contributed by atoms with Crippen molar-refractivity contribution >= 4 is 5.96 Å². The van der Waals surface area contributed by atoms with Crippen LogP contribution in [0.25, 0.3) is 0 Å². The number of hydrogen-bond donors (Lipinski definition) is 2. The fourth-order valence-electron chi connectivity index (χ4n) is 2.30. The molecule has 1 heterocycles. The summed E-state index contributed by atoms with van der Waals surface area (Å²) in [6.45, 7) is 15.3. The summed E-state index contributed by atoms with van der Waals surface area (Å²) in [7, 11) is 0. The molecule has 0 aromatic carbocycles. The molecule has 1 atom stereocenters. The lowest BCUT2D eigenvalue weighted by Gasteiger charge is -2.21. The lowest BCUT2D eigenvalue weighted by molar-refractivity contribution is 0.0258. The highest BCUT2D eigenvalue weighted by molar-refractivity contribution is 5.79. The molecular formula is C19H33N3O2. The van der Waals surface area contributed by atoms with Gasteiger partial charge in [0.2, 0.25) is 0 Å². The van der Waals surface area contributed by atoms with Gasteiger partial charge in [-0.15, -0.1) is 0 Å². The summed E-state index contributed by atoms with van der Waals surface area (Å²) in [6.07, 6.45) is 3.75. The summed E-state index contributed by atoms with van der Waals surface area (Å²) < 4.78 is 11.1. The summed E-state index contributed by atoms with van der Waals surface area (Å²) in [6, 6.07) is 3.89. The van der Waals surface area contributed by atoms with Crippen molar-refractivity contribution in [3.63, 3.8) is 0 Å². The van der Waals surface area contributed by atoms with Crippen LogP contribution in [-0.2, 0) is 11.2 Å². The Morgan fingerprint density at radius 1 is 1.33 bits per heavy atom. The first-order chi connectivity index (χ1) is 11.5. The minimum Gasteiger partial charge on any atom is -0.469 e. The van der Waals surface area contributed by atoms with Crippen LogP contribution in [0.5, 0.6) is 0 Å². The molecule has 0 aliphatic carbocycles. The van der Waals surface area contributed by atoms with Gasteiger partial charge in [-0.05, 0) is 38.3 Å². The Hall–Kier alpha value is -1.75. The predicted octanol–water partition coefficient (Wildman–Crippen LogP) is 3.38. The van der Waals surface area contributed by atoms with Gasteiger partial charge in [0.1, 0.15) is 5.76 Å². The maximum Gasteiger partial charge on any atom is 0.191 e. The average Bonchev–Trinajstić information content (AvgIpc) is 3.04. The van der Waals surface area contributed by atoms with E-state index >= 15 is 0 Å². The molecule has 0 spiro atoms. The van der Waals surface area contributed by atoms with Gasteiger partial charge in [0, 0.05) is 26.1 Å². The molecule has 0 saturated carbocycles. The van der Waals surface area contributed by atoms with Gasteiger partial charge in [-0.1, -0.05) is 26.0 Å². The van der Waals surface area contributed by atoms with Crippen molar-refractivity contribution < 1.29 is 9.15 Å². The van der Waals surface area contributed by atoms with Crippen LogP contribution >= 0.6 is 0 Å². The topological polar surface area (TPSA) is 58.8 Å². The quantitative estimate of drug-likeness (QED) is 0.370. The molecule has 0 amide bonds. The number of ether oxygens (including phenoxy) is 1. The van der Waals surface area contributed by atoms with Gasteiger partial charge < -0.3 is 19.8 Å². The zero-order chi connectivity index (χ0) is 17.8. The van der Waals surface area contributed by atoms with Gasteiger partial charge in [0.15, 0.2) is 5.96 Å². The summed E-state index contributed by atoms with van der Waals surface area (Å²) in [5, 5.41) is 6.73. The number of nitrogens with zero attached hydrogens (tertiary/aromatic N) is 1. The number of guanidine groups is 1. The van der Waals surface area contributed by atoms with Crippen LogP contribution in [0.3, 0.4) is 0 Å². The van der Waals surface area contributed by atoms with Gasteiger partial charge in [-0.2, -0.15) is 0 Å². The van der Waals surface area contributed by atoms with E-state index in [0.29, 0.717) is 12.5 Å². The summed E-state index contributed by atoms with van der Waals surface area (Å²) in [4.78, 5) is 4.55. The molecular weight excluding hydrogens is 302 g/mol. The standard InChI is InChI=1S/C19H33N3O2/c1-6-23-18(16(4)5)10-12-21-19(22-14-15(2)3)20-11-9-17-8-7-13-24-17/h7-8,13,16,18H,2,6,9-12,14H2,1,3-5H3,(H2,20,21,22). The van der Waals surface area contributed by atoms with Crippen molar-refractivity contribution in [1.29, 1.82) is 0 Å². The summed E-state index contributed by atoms with van der Waals surface area (Å²) >= 11 is 0. The molecule has 1 unspecified atom stereocenters. The second kappa shape index (κ2) is 11.7. The van der Waals surface area contributed by atoms with Crippen molar-refractivity contribution in [2.75, 3.05) is 26.2 Å². The lowest BCUT2D eigenvalue weighted by atomic mass is 10.0. The number of rotatable bonds is 11. The highest BCUT2D eigenvalue weighted by Gasteiger charge is 2.13. The molecule has 136 valence electrons. The van der Waals surface area contributed by atoms with Gasteiger partial charge in [0.25, 0.3) is 0 Å². The third-order valence-electron chi connectivity index (χ3n) is 3.60. The predicted molar refractivity (Wildman–Crippen MR) is 100 cm³/mol. The van der Waals surface area contributed by atoms with Crippen LogP contribution < -0.4 is 10.6 Å². The lowest BCUT2D eigenvalue weighted by Crippen LogP contribution is -2.40. The Kier molecular flexibility index (Phi) is 9.92. The van der Waals surface area contributed by atoms with E-state index in [-0.39, 0.29) is 6.10 Å². The largest absolute Gasteiger partial charge is 0.469 e. The van der Waals surface area contributed by atoms with Gasteiger partial charge in [-0.3, -0.25) is 0 Å². The van der Waals surface area contributed by atoms with Crippen LogP contribution in [0.4, 0.5) is 0 Å². The second-order valence-electron chi connectivity index (χ2n) is 6.33. The molecule has 0 saturated heterocycles. The Morgan fingerprint density at radius 2 is 2.08 bits per heavy atom. The maximum atomic E-state index is 5.79. The Bertz CT molecular complexity index is 481.